The summed E-state index contributed by atoms with van der Waals surface area (Å²) in [5.41, 5.74) is 0.958. The van der Waals surface area contributed by atoms with Crippen molar-refractivity contribution in [1.29, 1.82) is 0 Å². The van der Waals surface area contributed by atoms with Crippen LogP contribution in [0.1, 0.15) is 45.7 Å². The lowest BCUT2D eigenvalue weighted by Crippen LogP contribution is -2.47. The minimum atomic E-state index is -3.04. The number of imidazole rings is 1. The van der Waals surface area contributed by atoms with Gasteiger partial charge in [-0.3, -0.25) is 4.79 Å². The first-order valence-electron chi connectivity index (χ1n) is 10.6. The first-order valence-corrected chi connectivity index (χ1v) is 10.6. The van der Waals surface area contributed by atoms with Gasteiger partial charge in [0.05, 0.1) is 23.5 Å². The maximum Gasteiger partial charge on any atom is 0.420 e. The second kappa shape index (κ2) is 8.34. The molecule has 1 aliphatic rings. The van der Waals surface area contributed by atoms with Crippen molar-refractivity contribution in [3.63, 3.8) is 0 Å². The predicted octanol–water partition coefficient (Wildman–Crippen LogP) is 5.47. The Morgan fingerprint density at radius 2 is 1.88 bits per heavy atom. The Labute approximate surface area is 194 Å². The van der Waals surface area contributed by atoms with Crippen LogP contribution < -0.4 is 9.64 Å². The smallest absolute Gasteiger partial charge is 0.420 e. The van der Waals surface area contributed by atoms with E-state index < -0.39 is 36.1 Å². The number of β-lactam (4-membered cyclic amide) rings is 1. The molecule has 1 saturated heterocycles. The number of halogens is 3. The maximum atomic E-state index is 14.8. The number of rotatable bonds is 5. The van der Waals surface area contributed by atoms with Gasteiger partial charge in [-0.05, 0) is 45.0 Å². The molecule has 7 nitrogen and oxygen atoms in total. The number of benzene rings is 2. The van der Waals surface area contributed by atoms with Gasteiger partial charge in [-0.2, -0.15) is 0 Å². The molecule has 0 aliphatic carbocycles. The summed E-state index contributed by atoms with van der Waals surface area (Å²) in [5.74, 6) is -3.96. The molecule has 0 radical (unpaired) electrons. The molecule has 34 heavy (non-hydrogen) atoms. The molecule has 3 aromatic rings. The van der Waals surface area contributed by atoms with Crippen LogP contribution in [0.3, 0.4) is 0 Å². The highest BCUT2D eigenvalue weighted by molar-refractivity contribution is 6.02. The Balaban J connectivity index is 1.60. The SMILES string of the molecule is CC(F)(F)COc1ccc(C2CC(=O)N2c2ccc3ncn(C(=O)OC(C)(C)C)c3c2)c(F)c1. The van der Waals surface area contributed by atoms with Crippen molar-refractivity contribution in [3.05, 3.63) is 54.1 Å². The molecular formula is C24H24F3N3O4. The topological polar surface area (TPSA) is 73.7 Å². The summed E-state index contributed by atoms with van der Waals surface area (Å²) in [7, 11) is 0. The Hall–Kier alpha value is -3.56. The van der Waals surface area contributed by atoms with Crippen LogP contribution in [0.5, 0.6) is 5.75 Å². The van der Waals surface area contributed by atoms with Crippen LogP contribution in [-0.2, 0) is 9.53 Å². The Bertz CT molecular complexity index is 1260. The van der Waals surface area contributed by atoms with E-state index in [9.17, 15) is 22.8 Å². The number of aromatic nitrogens is 2. The summed E-state index contributed by atoms with van der Waals surface area (Å²) >= 11 is 0. The largest absolute Gasteiger partial charge is 0.487 e. The number of nitrogens with zero attached hydrogens (tertiary/aromatic N) is 3. The van der Waals surface area contributed by atoms with E-state index in [1.807, 2.05) is 0 Å². The number of ether oxygens (including phenoxy) is 2. The van der Waals surface area contributed by atoms with E-state index in [1.165, 1.54) is 27.9 Å². The van der Waals surface area contributed by atoms with Gasteiger partial charge in [0, 0.05) is 24.2 Å². The molecule has 2 aromatic carbocycles. The minimum Gasteiger partial charge on any atom is -0.487 e. The van der Waals surface area contributed by atoms with E-state index in [4.69, 9.17) is 9.47 Å². The molecular weight excluding hydrogens is 451 g/mol. The second-order valence-electron chi connectivity index (χ2n) is 9.29. The zero-order valence-electron chi connectivity index (χ0n) is 19.1. The number of carbonyl (C=O) groups is 2. The first kappa shape index (κ1) is 23.6. The van der Waals surface area contributed by atoms with Crippen LogP contribution in [0.2, 0.25) is 0 Å². The minimum absolute atomic E-state index is 0.0253. The third-order valence-corrected chi connectivity index (χ3v) is 5.17. The number of carbonyl (C=O) groups excluding carboxylic acids is 2. The molecule has 1 aromatic heterocycles. The first-order chi connectivity index (χ1) is 15.8. The number of alkyl halides is 2. The normalized spacial score (nSPS) is 16.5. The summed E-state index contributed by atoms with van der Waals surface area (Å²) in [6, 6.07) is 8.20. The van der Waals surface area contributed by atoms with Crippen LogP contribution in [0.4, 0.5) is 23.7 Å². The highest BCUT2D eigenvalue weighted by Gasteiger charge is 2.40. The van der Waals surface area contributed by atoms with Crippen LogP contribution in [-0.4, -0.2) is 39.7 Å². The van der Waals surface area contributed by atoms with Gasteiger partial charge in [0.2, 0.25) is 5.91 Å². The maximum absolute atomic E-state index is 14.8. The monoisotopic (exact) mass is 475 g/mol. The molecule has 1 atom stereocenters. The van der Waals surface area contributed by atoms with E-state index in [0.29, 0.717) is 23.6 Å². The highest BCUT2D eigenvalue weighted by atomic mass is 19.3. The van der Waals surface area contributed by atoms with E-state index in [-0.39, 0.29) is 23.6 Å². The third-order valence-electron chi connectivity index (χ3n) is 5.17. The number of anilines is 1. The molecule has 1 aliphatic heterocycles. The Kier molecular flexibility index (Phi) is 5.79. The van der Waals surface area contributed by atoms with E-state index in [0.717, 1.165) is 6.07 Å². The molecule has 0 N–H and O–H groups in total. The number of amides is 1. The summed E-state index contributed by atoms with van der Waals surface area (Å²) in [5, 5.41) is 0. The average molecular weight is 475 g/mol. The molecule has 4 rings (SSSR count). The molecule has 1 amide bonds. The van der Waals surface area contributed by atoms with Crippen molar-refractivity contribution < 1.29 is 32.2 Å². The lowest BCUT2D eigenvalue weighted by Gasteiger charge is -2.41. The highest BCUT2D eigenvalue weighted by Crippen LogP contribution is 2.41. The standard InChI is InChI=1S/C24H24F3N3O4/c1-23(2,3)34-22(32)29-13-28-18-8-5-14(9-20(18)29)30-19(11-21(30)31)16-7-6-15(10-17(16)25)33-12-24(4,26)27/h5-10,13,19H,11-12H2,1-4H3. The predicted molar refractivity (Wildman–Crippen MR) is 119 cm³/mol. The number of fused-ring (bicyclic) bond motifs is 1. The average Bonchev–Trinajstić information content (AvgIpc) is 3.12. The molecule has 1 fully saturated rings. The van der Waals surface area contributed by atoms with E-state index in [2.05, 4.69) is 4.98 Å². The fourth-order valence-electron chi connectivity index (χ4n) is 3.67. The third kappa shape index (κ3) is 4.85. The zero-order chi connectivity index (χ0) is 24.8. The van der Waals surface area contributed by atoms with Gasteiger partial charge < -0.3 is 14.4 Å². The number of hydrogen-bond donors (Lipinski definition) is 0. The zero-order valence-corrected chi connectivity index (χ0v) is 19.1. The molecule has 1 unspecified atom stereocenters. The van der Waals surface area contributed by atoms with Gasteiger partial charge in [-0.25, -0.2) is 27.5 Å². The molecule has 2 heterocycles. The van der Waals surface area contributed by atoms with Gasteiger partial charge in [-0.15, -0.1) is 0 Å². The fourth-order valence-corrected chi connectivity index (χ4v) is 3.67. The lowest BCUT2D eigenvalue weighted by molar-refractivity contribution is -0.124. The van der Waals surface area contributed by atoms with Crippen molar-refractivity contribution in [2.75, 3.05) is 11.5 Å². The van der Waals surface area contributed by atoms with Gasteiger partial charge in [0.25, 0.3) is 5.92 Å². The second-order valence-corrected chi connectivity index (χ2v) is 9.29. The van der Waals surface area contributed by atoms with Crippen molar-refractivity contribution >= 4 is 28.7 Å². The van der Waals surface area contributed by atoms with E-state index in [1.54, 1.807) is 39.0 Å². The Morgan fingerprint density at radius 1 is 1.15 bits per heavy atom. The summed E-state index contributed by atoms with van der Waals surface area (Å²) in [6.45, 7) is 5.08. The van der Waals surface area contributed by atoms with Crippen molar-refractivity contribution in [2.45, 2.75) is 51.7 Å². The van der Waals surface area contributed by atoms with Crippen molar-refractivity contribution in [3.8, 4) is 5.75 Å². The van der Waals surface area contributed by atoms with Crippen molar-refractivity contribution in [2.24, 2.45) is 0 Å². The van der Waals surface area contributed by atoms with Crippen LogP contribution in [0.25, 0.3) is 11.0 Å². The van der Waals surface area contributed by atoms with Crippen LogP contribution >= 0.6 is 0 Å². The van der Waals surface area contributed by atoms with Gasteiger partial charge in [0.1, 0.15) is 23.5 Å². The molecule has 0 saturated carbocycles. The summed E-state index contributed by atoms with van der Waals surface area (Å²) < 4.78 is 52.4. The van der Waals surface area contributed by atoms with Gasteiger partial charge >= 0.3 is 6.09 Å². The van der Waals surface area contributed by atoms with Gasteiger partial charge in [0.15, 0.2) is 6.61 Å². The van der Waals surface area contributed by atoms with Crippen LogP contribution in [0, 0.1) is 5.82 Å². The van der Waals surface area contributed by atoms with Crippen molar-refractivity contribution in [1.82, 2.24) is 9.55 Å². The molecule has 10 heteroatoms. The molecule has 0 bridgehead atoms. The quantitative estimate of drug-likeness (QED) is 0.458. The fraction of sp³-hybridized carbons (Fsp3) is 0.375. The lowest BCUT2D eigenvalue weighted by atomic mass is 9.92. The molecule has 180 valence electrons. The number of hydrogen-bond acceptors (Lipinski definition) is 5. The van der Waals surface area contributed by atoms with Gasteiger partial charge in [-0.1, -0.05) is 6.07 Å². The van der Waals surface area contributed by atoms with Crippen LogP contribution in [0.15, 0.2) is 42.7 Å². The summed E-state index contributed by atoms with van der Waals surface area (Å²) in [6.07, 6.45) is 0.807. The Morgan fingerprint density at radius 3 is 2.50 bits per heavy atom. The van der Waals surface area contributed by atoms with E-state index >= 15 is 0 Å². The molecule has 0 spiro atoms. The summed E-state index contributed by atoms with van der Waals surface area (Å²) in [4.78, 5) is 30.6.